The Bertz CT molecular complexity index is 561. The highest BCUT2D eigenvalue weighted by Gasteiger charge is 2.42. The number of fused-ring (bicyclic) bond motifs is 2. The molecule has 0 radical (unpaired) electrons. The average molecular weight is 341 g/mol. The molecule has 0 aromatic heterocycles. The Labute approximate surface area is 139 Å². The molecular formula is C18H22F3NO2. The number of rotatable bonds is 4. The van der Waals surface area contributed by atoms with E-state index < -0.39 is 24.5 Å². The standard InChI is InChI=1S/C18H22F3NO2/c1-22-13-7-8-14(22)10-15(9-13)24-17(23)16(11-18(19,20)21)12-5-3-2-4-6-12/h2-6,13-16H,7-11H2,1H3/t13-,14-,16?/m0/s1. The number of piperidine rings is 1. The molecule has 2 bridgehead atoms. The van der Waals surface area contributed by atoms with E-state index in [1.54, 1.807) is 30.3 Å². The molecule has 6 heteroatoms. The molecule has 1 aromatic rings. The molecule has 1 unspecified atom stereocenters. The fourth-order valence-electron chi connectivity index (χ4n) is 3.96. The van der Waals surface area contributed by atoms with Crippen LogP contribution in [0.1, 0.15) is 43.6 Å². The third-order valence-corrected chi connectivity index (χ3v) is 5.26. The van der Waals surface area contributed by atoms with Crippen LogP contribution in [0.3, 0.4) is 0 Å². The largest absolute Gasteiger partial charge is 0.462 e. The number of esters is 1. The maximum atomic E-state index is 12.9. The first-order chi connectivity index (χ1) is 11.3. The van der Waals surface area contributed by atoms with Crippen molar-refractivity contribution < 1.29 is 22.7 Å². The monoisotopic (exact) mass is 341 g/mol. The Morgan fingerprint density at radius 3 is 2.33 bits per heavy atom. The highest BCUT2D eigenvalue weighted by Crippen LogP contribution is 2.37. The SMILES string of the molecule is CN1[C@H]2CC[C@H]1CC(OC(=O)C(CC(F)(F)F)c1ccccc1)C2. The van der Waals surface area contributed by atoms with E-state index in [9.17, 15) is 18.0 Å². The Hall–Kier alpha value is -1.56. The molecule has 3 nitrogen and oxygen atoms in total. The first-order valence-electron chi connectivity index (χ1n) is 8.37. The van der Waals surface area contributed by atoms with Gasteiger partial charge in [-0.2, -0.15) is 13.2 Å². The van der Waals surface area contributed by atoms with Crippen molar-refractivity contribution in [2.45, 2.75) is 62.4 Å². The summed E-state index contributed by atoms with van der Waals surface area (Å²) in [7, 11) is 2.07. The molecule has 0 aliphatic carbocycles. The van der Waals surface area contributed by atoms with Crippen LogP contribution < -0.4 is 0 Å². The van der Waals surface area contributed by atoms with E-state index in [2.05, 4.69) is 11.9 Å². The lowest BCUT2D eigenvalue weighted by molar-refractivity contribution is -0.167. The van der Waals surface area contributed by atoms with Gasteiger partial charge in [-0.3, -0.25) is 4.79 Å². The fraction of sp³-hybridized carbons (Fsp3) is 0.611. The van der Waals surface area contributed by atoms with Crippen molar-refractivity contribution in [1.82, 2.24) is 4.90 Å². The van der Waals surface area contributed by atoms with Gasteiger partial charge >= 0.3 is 12.1 Å². The van der Waals surface area contributed by atoms with Gasteiger partial charge in [0.05, 0.1) is 12.3 Å². The van der Waals surface area contributed by atoms with Crippen molar-refractivity contribution >= 4 is 5.97 Å². The first kappa shape index (κ1) is 17.3. The van der Waals surface area contributed by atoms with Crippen LogP contribution in [0.5, 0.6) is 0 Å². The summed E-state index contributed by atoms with van der Waals surface area (Å²) < 4.78 is 44.2. The highest BCUT2D eigenvalue weighted by molar-refractivity contribution is 5.78. The molecule has 3 atom stereocenters. The van der Waals surface area contributed by atoms with E-state index in [4.69, 9.17) is 4.74 Å². The lowest BCUT2D eigenvalue weighted by Crippen LogP contribution is -2.43. The number of ether oxygens (including phenoxy) is 1. The van der Waals surface area contributed by atoms with Crippen molar-refractivity contribution in [3.05, 3.63) is 35.9 Å². The lowest BCUT2D eigenvalue weighted by atomic mass is 9.95. The van der Waals surface area contributed by atoms with Crippen molar-refractivity contribution in [2.24, 2.45) is 0 Å². The average Bonchev–Trinajstić information content (AvgIpc) is 2.74. The minimum atomic E-state index is -4.41. The summed E-state index contributed by atoms with van der Waals surface area (Å²) in [5.74, 6) is -2.05. The molecular weight excluding hydrogens is 319 g/mol. The van der Waals surface area contributed by atoms with Crippen molar-refractivity contribution in [2.75, 3.05) is 7.05 Å². The number of carbonyl (C=O) groups excluding carboxylic acids is 1. The summed E-state index contributed by atoms with van der Waals surface area (Å²) in [4.78, 5) is 14.8. The van der Waals surface area contributed by atoms with Gasteiger partial charge in [-0.05, 0) is 38.3 Å². The molecule has 24 heavy (non-hydrogen) atoms. The predicted octanol–water partition coefficient (Wildman–Crippen LogP) is 3.89. The van der Waals surface area contributed by atoms with Gasteiger partial charge in [0.2, 0.25) is 0 Å². The summed E-state index contributed by atoms with van der Waals surface area (Å²) in [6.07, 6.45) is -2.30. The molecule has 1 aromatic carbocycles. The molecule has 132 valence electrons. The van der Waals surface area contributed by atoms with Crippen LogP contribution in [0.15, 0.2) is 30.3 Å². The molecule has 2 fully saturated rings. The van der Waals surface area contributed by atoms with Gasteiger partial charge in [0, 0.05) is 12.1 Å². The van der Waals surface area contributed by atoms with Crippen LogP contribution in [-0.4, -0.2) is 42.3 Å². The maximum Gasteiger partial charge on any atom is 0.390 e. The third kappa shape index (κ3) is 3.91. The van der Waals surface area contributed by atoms with E-state index in [0.29, 0.717) is 30.5 Å². The van der Waals surface area contributed by atoms with Gasteiger partial charge in [-0.25, -0.2) is 0 Å². The van der Waals surface area contributed by atoms with Gasteiger partial charge in [-0.1, -0.05) is 30.3 Å². The zero-order valence-electron chi connectivity index (χ0n) is 13.6. The third-order valence-electron chi connectivity index (χ3n) is 5.26. The molecule has 3 rings (SSSR count). The summed E-state index contributed by atoms with van der Waals surface area (Å²) in [6.45, 7) is 0. The van der Waals surface area contributed by atoms with E-state index in [-0.39, 0.29) is 6.10 Å². The number of benzene rings is 1. The smallest absolute Gasteiger partial charge is 0.390 e. The van der Waals surface area contributed by atoms with Crippen LogP contribution in [0.25, 0.3) is 0 Å². The van der Waals surface area contributed by atoms with E-state index in [1.807, 2.05) is 0 Å². The number of carbonyl (C=O) groups is 1. The second-order valence-corrected chi connectivity index (χ2v) is 6.86. The molecule has 0 spiro atoms. The van der Waals surface area contributed by atoms with Crippen molar-refractivity contribution in [1.29, 1.82) is 0 Å². The number of hydrogen-bond donors (Lipinski definition) is 0. The summed E-state index contributed by atoms with van der Waals surface area (Å²) in [6, 6.07) is 8.85. The topological polar surface area (TPSA) is 29.5 Å². The van der Waals surface area contributed by atoms with Crippen LogP contribution >= 0.6 is 0 Å². The Balaban J connectivity index is 1.70. The number of nitrogens with zero attached hydrogens (tertiary/aromatic N) is 1. The van der Waals surface area contributed by atoms with Gasteiger partial charge < -0.3 is 9.64 Å². The molecule has 2 heterocycles. The van der Waals surface area contributed by atoms with Crippen molar-refractivity contribution in [3.8, 4) is 0 Å². The van der Waals surface area contributed by atoms with E-state index in [0.717, 1.165) is 12.8 Å². The lowest BCUT2D eigenvalue weighted by Gasteiger charge is -2.36. The van der Waals surface area contributed by atoms with Crippen molar-refractivity contribution in [3.63, 3.8) is 0 Å². The Kier molecular flexibility index (Phi) is 4.85. The Morgan fingerprint density at radius 2 is 1.79 bits per heavy atom. The first-order valence-corrected chi connectivity index (χ1v) is 8.37. The van der Waals surface area contributed by atoms with Crippen LogP contribution in [-0.2, 0) is 9.53 Å². The van der Waals surface area contributed by atoms with Crippen LogP contribution in [0.4, 0.5) is 13.2 Å². The zero-order valence-corrected chi connectivity index (χ0v) is 13.6. The predicted molar refractivity (Wildman–Crippen MR) is 83.5 cm³/mol. The summed E-state index contributed by atoms with van der Waals surface area (Å²) in [5.41, 5.74) is 0.357. The minimum Gasteiger partial charge on any atom is -0.462 e. The van der Waals surface area contributed by atoms with Gasteiger partial charge in [0.15, 0.2) is 0 Å². The van der Waals surface area contributed by atoms with E-state index >= 15 is 0 Å². The molecule has 0 N–H and O–H groups in total. The Morgan fingerprint density at radius 1 is 1.21 bits per heavy atom. The molecule has 0 saturated carbocycles. The maximum absolute atomic E-state index is 12.9. The molecule has 0 amide bonds. The second kappa shape index (κ2) is 6.75. The van der Waals surface area contributed by atoms with Crippen LogP contribution in [0.2, 0.25) is 0 Å². The quantitative estimate of drug-likeness (QED) is 0.778. The number of hydrogen-bond acceptors (Lipinski definition) is 3. The number of alkyl halides is 3. The summed E-state index contributed by atoms with van der Waals surface area (Å²) in [5, 5.41) is 0. The summed E-state index contributed by atoms with van der Waals surface area (Å²) >= 11 is 0. The van der Waals surface area contributed by atoms with E-state index in [1.165, 1.54) is 0 Å². The second-order valence-electron chi connectivity index (χ2n) is 6.86. The molecule has 2 aliphatic rings. The normalized spacial score (nSPS) is 28.6. The molecule has 2 aliphatic heterocycles. The molecule has 2 saturated heterocycles. The zero-order chi connectivity index (χ0) is 17.3. The fourth-order valence-corrected chi connectivity index (χ4v) is 3.96. The minimum absolute atomic E-state index is 0.273. The van der Waals surface area contributed by atoms with Gasteiger partial charge in [0.1, 0.15) is 6.10 Å². The van der Waals surface area contributed by atoms with Crippen LogP contribution in [0, 0.1) is 0 Å². The van der Waals surface area contributed by atoms with Gasteiger partial charge in [0.25, 0.3) is 0 Å². The number of halogens is 3. The highest BCUT2D eigenvalue weighted by atomic mass is 19.4. The van der Waals surface area contributed by atoms with Gasteiger partial charge in [-0.15, -0.1) is 0 Å².